The molecular formula is C14H24N2O4S. The fourth-order valence-electron chi connectivity index (χ4n) is 2.84. The summed E-state index contributed by atoms with van der Waals surface area (Å²) in [4.78, 5) is 0.199. The lowest BCUT2D eigenvalue weighted by Gasteiger charge is -2.50. The SMILES string of the molecule is CCn1cc(S(=O)(=O)NC2CC(OC)C2(C)C)cc1CO. The van der Waals surface area contributed by atoms with Crippen molar-refractivity contribution in [3.8, 4) is 0 Å². The Kier molecular flexibility index (Phi) is 4.49. The highest BCUT2D eigenvalue weighted by Gasteiger charge is 2.50. The van der Waals surface area contributed by atoms with Crippen molar-refractivity contribution in [2.45, 2.75) is 57.4 Å². The van der Waals surface area contributed by atoms with Crippen molar-refractivity contribution in [1.29, 1.82) is 0 Å². The summed E-state index contributed by atoms with van der Waals surface area (Å²) in [6.45, 7) is 6.33. The molecule has 0 amide bonds. The van der Waals surface area contributed by atoms with Crippen LogP contribution in [0.25, 0.3) is 0 Å². The number of aryl methyl sites for hydroxylation is 1. The van der Waals surface area contributed by atoms with Crippen LogP contribution in [0.2, 0.25) is 0 Å². The van der Waals surface area contributed by atoms with Crippen LogP contribution in [0.1, 0.15) is 32.9 Å². The average Bonchev–Trinajstić information content (AvgIpc) is 2.87. The van der Waals surface area contributed by atoms with Gasteiger partial charge in [0.2, 0.25) is 10.0 Å². The molecule has 7 heteroatoms. The molecule has 0 saturated heterocycles. The van der Waals surface area contributed by atoms with E-state index >= 15 is 0 Å². The van der Waals surface area contributed by atoms with Gasteiger partial charge in [0, 0.05) is 37.0 Å². The Morgan fingerprint density at radius 1 is 1.52 bits per heavy atom. The summed E-state index contributed by atoms with van der Waals surface area (Å²) < 4.78 is 34.8. The second kappa shape index (κ2) is 5.72. The number of aliphatic hydroxyl groups is 1. The minimum Gasteiger partial charge on any atom is -0.390 e. The number of nitrogens with one attached hydrogen (secondary N) is 1. The number of hydrogen-bond acceptors (Lipinski definition) is 4. The lowest BCUT2D eigenvalue weighted by Crippen LogP contribution is -2.61. The van der Waals surface area contributed by atoms with E-state index in [1.54, 1.807) is 17.9 Å². The Hall–Kier alpha value is -0.890. The number of hydrogen-bond donors (Lipinski definition) is 2. The van der Waals surface area contributed by atoms with Crippen molar-refractivity contribution in [1.82, 2.24) is 9.29 Å². The first-order valence-electron chi connectivity index (χ1n) is 7.11. The predicted octanol–water partition coefficient (Wildman–Crippen LogP) is 1.09. The lowest BCUT2D eigenvalue weighted by atomic mass is 9.65. The standard InChI is InChI=1S/C14H24N2O4S/c1-5-16-8-11(6-10(16)9-17)21(18,19)15-12-7-13(20-4)14(12,2)3/h6,8,12-13,15,17H,5,7,9H2,1-4H3. The Bertz CT molecular complexity index is 585. The molecule has 120 valence electrons. The number of aromatic nitrogens is 1. The number of sulfonamides is 1. The molecule has 2 atom stereocenters. The molecule has 0 aliphatic heterocycles. The van der Waals surface area contributed by atoms with Gasteiger partial charge in [0.15, 0.2) is 0 Å². The zero-order chi connectivity index (χ0) is 15.8. The number of methoxy groups -OCH3 is 1. The van der Waals surface area contributed by atoms with Crippen LogP contribution in [-0.4, -0.2) is 37.3 Å². The van der Waals surface area contributed by atoms with Gasteiger partial charge in [0.25, 0.3) is 0 Å². The van der Waals surface area contributed by atoms with E-state index in [1.165, 1.54) is 6.07 Å². The molecule has 1 saturated carbocycles. The van der Waals surface area contributed by atoms with E-state index in [1.807, 2.05) is 20.8 Å². The second-order valence-corrected chi connectivity index (χ2v) is 7.78. The van der Waals surface area contributed by atoms with Crippen molar-refractivity contribution in [3.05, 3.63) is 18.0 Å². The quantitative estimate of drug-likeness (QED) is 0.823. The summed E-state index contributed by atoms with van der Waals surface area (Å²) in [7, 11) is -1.94. The summed E-state index contributed by atoms with van der Waals surface area (Å²) in [6, 6.07) is 1.38. The zero-order valence-corrected chi connectivity index (χ0v) is 13.8. The van der Waals surface area contributed by atoms with Crippen molar-refractivity contribution >= 4 is 10.0 Å². The van der Waals surface area contributed by atoms with Gasteiger partial charge in [-0.15, -0.1) is 0 Å². The number of aliphatic hydroxyl groups excluding tert-OH is 1. The van der Waals surface area contributed by atoms with Gasteiger partial charge in [-0.3, -0.25) is 0 Å². The molecule has 1 aromatic heterocycles. The molecule has 0 aromatic carbocycles. The van der Waals surface area contributed by atoms with Gasteiger partial charge in [0.05, 0.1) is 17.6 Å². The van der Waals surface area contributed by atoms with Gasteiger partial charge in [-0.25, -0.2) is 13.1 Å². The largest absolute Gasteiger partial charge is 0.390 e. The highest BCUT2D eigenvalue weighted by Crippen LogP contribution is 2.43. The van der Waals surface area contributed by atoms with Gasteiger partial charge >= 0.3 is 0 Å². The van der Waals surface area contributed by atoms with Crippen LogP contribution in [0, 0.1) is 5.41 Å². The predicted molar refractivity (Wildman–Crippen MR) is 79.3 cm³/mol. The van der Waals surface area contributed by atoms with E-state index in [4.69, 9.17) is 4.74 Å². The molecule has 2 unspecified atom stereocenters. The van der Waals surface area contributed by atoms with Gasteiger partial charge in [0.1, 0.15) is 0 Å². The van der Waals surface area contributed by atoms with Crippen LogP contribution in [0.4, 0.5) is 0 Å². The minimum atomic E-state index is -3.58. The van der Waals surface area contributed by atoms with Crippen molar-refractivity contribution in [3.63, 3.8) is 0 Å². The molecule has 1 aromatic rings. The summed E-state index contributed by atoms with van der Waals surface area (Å²) in [6.07, 6.45) is 2.30. The Labute approximate surface area is 126 Å². The maximum absolute atomic E-state index is 12.5. The van der Waals surface area contributed by atoms with Gasteiger partial charge in [-0.05, 0) is 19.4 Å². The third-order valence-electron chi connectivity index (χ3n) is 4.53. The third kappa shape index (κ3) is 2.88. The average molecular weight is 316 g/mol. The first-order chi connectivity index (χ1) is 9.76. The van der Waals surface area contributed by atoms with E-state index in [-0.39, 0.29) is 29.1 Å². The zero-order valence-electron chi connectivity index (χ0n) is 13.0. The maximum Gasteiger partial charge on any atom is 0.242 e. The van der Waals surface area contributed by atoms with Crippen molar-refractivity contribution < 1.29 is 18.3 Å². The smallest absolute Gasteiger partial charge is 0.242 e. The highest BCUT2D eigenvalue weighted by atomic mass is 32.2. The summed E-state index contributed by atoms with van der Waals surface area (Å²) in [5.74, 6) is 0. The molecule has 1 heterocycles. The summed E-state index contributed by atoms with van der Waals surface area (Å²) in [5.41, 5.74) is 0.370. The first-order valence-corrected chi connectivity index (χ1v) is 8.59. The first kappa shape index (κ1) is 16.5. The van der Waals surface area contributed by atoms with E-state index in [0.29, 0.717) is 18.7 Å². The van der Waals surface area contributed by atoms with Crippen LogP contribution < -0.4 is 4.72 Å². The summed E-state index contributed by atoms with van der Waals surface area (Å²) in [5, 5.41) is 9.26. The molecule has 2 rings (SSSR count). The fourth-order valence-corrected chi connectivity index (χ4v) is 4.31. The van der Waals surface area contributed by atoms with Crippen LogP contribution in [0.3, 0.4) is 0 Å². The minimum absolute atomic E-state index is 0.0680. The normalized spacial score (nSPS) is 24.8. The van der Waals surface area contributed by atoms with E-state index in [2.05, 4.69) is 4.72 Å². The molecule has 21 heavy (non-hydrogen) atoms. The van der Waals surface area contributed by atoms with Crippen LogP contribution in [-0.2, 0) is 27.9 Å². The molecule has 1 aliphatic rings. The topological polar surface area (TPSA) is 80.6 Å². The van der Waals surface area contributed by atoms with Gasteiger partial charge in [-0.1, -0.05) is 13.8 Å². The van der Waals surface area contributed by atoms with Crippen LogP contribution in [0.5, 0.6) is 0 Å². The Morgan fingerprint density at radius 2 is 2.19 bits per heavy atom. The summed E-state index contributed by atoms with van der Waals surface area (Å²) >= 11 is 0. The van der Waals surface area contributed by atoms with E-state index in [0.717, 1.165) is 0 Å². The number of nitrogens with zero attached hydrogens (tertiary/aromatic N) is 1. The molecule has 0 bridgehead atoms. The Morgan fingerprint density at radius 3 is 2.62 bits per heavy atom. The second-order valence-electron chi connectivity index (χ2n) is 6.07. The van der Waals surface area contributed by atoms with Crippen LogP contribution in [0.15, 0.2) is 17.2 Å². The monoisotopic (exact) mass is 316 g/mol. The van der Waals surface area contributed by atoms with Crippen molar-refractivity contribution in [2.75, 3.05) is 7.11 Å². The third-order valence-corrected chi connectivity index (χ3v) is 5.97. The van der Waals surface area contributed by atoms with Crippen LogP contribution >= 0.6 is 0 Å². The molecule has 1 fully saturated rings. The molecule has 0 radical (unpaired) electrons. The van der Waals surface area contributed by atoms with E-state index < -0.39 is 10.0 Å². The molecule has 6 nitrogen and oxygen atoms in total. The maximum atomic E-state index is 12.5. The van der Waals surface area contributed by atoms with Gasteiger partial charge in [-0.2, -0.15) is 0 Å². The lowest BCUT2D eigenvalue weighted by molar-refractivity contribution is -0.0908. The Balaban J connectivity index is 2.18. The number of ether oxygens (including phenoxy) is 1. The van der Waals surface area contributed by atoms with E-state index in [9.17, 15) is 13.5 Å². The molecule has 1 aliphatic carbocycles. The number of rotatable bonds is 6. The molecular weight excluding hydrogens is 292 g/mol. The highest BCUT2D eigenvalue weighted by molar-refractivity contribution is 7.89. The fraction of sp³-hybridized carbons (Fsp3) is 0.714. The molecule has 0 spiro atoms. The van der Waals surface area contributed by atoms with Crippen molar-refractivity contribution in [2.24, 2.45) is 5.41 Å². The molecule has 2 N–H and O–H groups in total. The van der Waals surface area contributed by atoms with Gasteiger partial charge < -0.3 is 14.4 Å².